The number of anilines is 1. The number of nitrogens with one attached hydrogen (secondary N) is 1. The number of nitrogens with zero attached hydrogens (tertiary/aromatic N) is 4. The molecule has 0 bridgehead atoms. The molecule has 1 N–H and O–H groups in total. The lowest BCUT2D eigenvalue weighted by Gasteiger charge is -2.28. The van der Waals surface area contributed by atoms with Crippen LogP contribution in [0.1, 0.15) is 31.2 Å². The summed E-state index contributed by atoms with van der Waals surface area (Å²) in [5.41, 5.74) is 1.20. The second kappa shape index (κ2) is 9.03. The number of aromatic nitrogens is 4. The quantitative estimate of drug-likeness (QED) is 0.408. The lowest BCUT2D eigenvalue weighted by atomic mass is 9.78. The SMILES string of the molecule is O=C(Nc1ccc(Oc2cc(-n3cccn3)ncn2)cc1)C1(c2ccc(Cl)cc2)CCCC1. The molecule has 0 spiro atoms. The Morgan fingerprint density at radius 2 is 1.79 bits per heavy atom. The Hall–Kier alpha value is -3.71. The number of halogens is 1. The average Bonchev–Trinajstić information content (AvgIpc) is 3.54. The van der Waals surface area contributed by atoms with Gasteiger partial charge in [0.1, 0.15) is 12.1 Å². The van der Waals surface area contributed by atoms with Gasteiger partial charge in [0.05, 0.1) is 5.41 Å². The standard InChI is InChI=1S/C25H22ClN5O2/c26-19-6-4-18(5-7-19)25(12-1-2-13-25)24(32)30-20-8-10-21(11-9-20)33-23-16-22(27-17-28-23)31-15-3-14-29-31/h3-11,14-17H,1-2,12-13H2,(H,30,32). The van der Waals surface area contributed by atoms with E-state index in [1.165, 1.54) is 6.33 Å². The number of rotatable bonds is 6. The number of hydrogen-bond donors (Lipinski definition) is 1. The topological polar surface area (TPSA) is 81.9 Å². The minimum atomic E-state index is -0.524. The molecule has 5 rings (SSSR count). The minimum Gasteiger partial charge on any atom is -0.439 e. The Morgan fingerprint density at radius 1 is 1.03 bits per heavy atom. The monoisotopic (exact) mass is 459 g/mol. The van der Waals surface area contributed by atoms with Crippen LogP contribution >= 0.6 is 11.6 Å². The first-order valence-corrected chi connectivity index (χ1v) is 11.2. The van der Waals surface area contributed by atoms with E-state index in [-0.39, 0.29) is 5.91 Å². The second-order valence-corrected chi connectivity index (χ2v) is 8.48. The van der Waals surface area contributed by atoms with Crippen molar-refractivity contribution >= 4 is 23.2 Å². The van der Waals surface area contributed by atoms with E-state index >= 15 is 0 Å². The van der Waals surface area contributed by atoms with E-state index in [9.17, 15) is 4.79 Å². The summed E-state index contributed by atoms with van der Waals surface area (Å²) < 4.78 is 7.49. The molecule has 1 fully saturated rings. The van der Waals surface area contributed by atoms with Crippen LogP contribution in [0.15, 0.2) is 79.4 Å². The van der Waals surface area contributed by atoms with Crippen LogP contribution in [0.4, 0.5) is 5.69 Å². The normalized spacial score (nSPS) is 14.7. The zero-order valence-electron chi connectivity index (χ0n) is 17.8. The predicted molar refractivity (Wildman–Crippen MR) is 126 cm³/mol. The van der Waals surface area contributed by atoms with Crippen molar-refractivity contribution in [2.24, 2.45) is 0 Å². The molecule has 2 heterocycles. The maximum Gasteiger partial charge on any atom is 0.235 e. The van der Waals surface area contributed by atoms with Gasteiger partial charge in [-0.1, -0.05) is 36.6 Å². The van der Waals surface area contributed by atoms with Crippen LogP contribution < -0.4 is 10.1 Å². The number of carbonyl (C=O) groups excluding carboxylic acids is 1. The Labute approximate surface area is 196 Å². The Balaban J connectivity index is 1.29. The van der Waals surface area contributed by atoms with E-state index in [2.05, 4.69) is 20.4 Å². The number of hydrogen-bond acceptors (Lipinski definition) is 5. The second-order valence-electron chi connectivity index (χ2n) is 8.04. The smallest absolute Gasteiger partial charge is 0.235 e. The molecule has 0 atom stereocenters. The van der Waals surface area contributed by atoms with Crippen molar-refractivity contribution < 1.29 is 9.53 Å². The van der Waals surface area contributed by atoms with Gasteiger partial charge in [0.2, 0.25) is 11.8 Å². The van der Waals surface area contributed by atoms with Gasteiger partial charge in [0, 0.05) is 29.2 Å². The first kappa shape index (κ1) is 21.2. The fourth-order valence-electron chi connectivity index (χ4n) is 4.29. The highest BCUT2D eigenvalue weighted by molar-refractivity contribution is 6.30. The summed E-state index contributed by atoms with van der Waals surface area (Å²) in [6.07, 6.45) is 8.62. The highest BCUT2D eigenvalue weighted by Gasteiger charge is 2.42. The van der Waals surface area contributed by atoms with Gasteiger partial charge in [-0.3, -0.25) is 4.79 Å². The molecule has 7 nitrogen and oxygen atoms in total. The van der Waals surface area contributed by atoms with E-state index in [1.54, 1.807) is 35.3 Å². The number of carbonyl (C=O) groups is 1. The summed E-state index contributed by atoms with van der Waals surface area (Å²) >= 11 is 6.06. The number of amides is 1. The summed E-state index contributed by atoms with van der Waals surface area (Å²) in [6, 6.07) is 18.4. The van der Waals surface area contributed by atoms with Gasteiger partial charge < -0.3 is 10.1 Å². The van der Waals surface area contributed by atoms with Crippen LogP contribution in [0.3, 0.4) is 0 Å². The molecule has 2 aromatic carbocycles. The largest absolute Gasteiger partial charge is 0.439 e. The van der Waals surface area contributed by atoms with Gasteiger partial charge in [-0.2, -0.15) is 5.10 Å². The summed E-state index contributed by atoms with van der Waals surface area (Å²) in [6.45, 7) is 0. The third kappa shape index (κ3) is 4.45. The van der Waals surface area contributed by atoms with Crippen molar-refractivity contribution in [1.29, 1.82) is 0 Å². The minimum absolute atomic E-state index is 0.00987. The molecule has 1 amide bonds. The predicted octanol–water partition coefficient (Wildman–Crippen LogP) is 5.56. The van der Waals surface area contributed by atoms with E-state index < -0.39 is 5.41 Å². The van der Waals surface area contributed by atoms with Crippen molar-refractivity contribution in [2.45, 2.75) is 31.1 Å². The molecule has 33 heavy (non-hydrogen) atoms. The van der Waals surface area contributed by atoms with E-state index in [1.807, 2.05) is 42.5 Å². The molecule has 1 aliphatic rings. The Bertz CT molecular complexity index is 1230. The van der Waals surface area contributed by atoms with E-state index in [0.717, 1.165) is 31.2 Å². The maximum absolute atomic E-state index is 13.3. The average molecular weight is 460 g/mol. The van der Waals surface area contributed by atoms with Crippen LogP contribution in [0.25, 0.3) is 5.82 Å². The highest BCUT2D eigenvalue weighted by Crippen LogP contribution is 2.42. The zero-order chi connectivity index (χ0) is 22.7. The van der Waals surface area contributed by atoms with Gasteiger partial charge in [-0.05, 0) is 60.9 Å². The number of ether oxygens (including phenoxy) is 1. The fourth-order valence-corrected chi connectivity index (χ4v) is 4.41. The van der Waals surface area contributed by atoms with Crippen LogP contribution in [0.2, 0.25) is 5.02 Å². The van der Waals surface area contributed by atoms with Gasteiger partial charge >= 0.3 is 0 Å². The summed E-state index contributed by atoms with van der Waals surface area (Å²) in [5.74, 6) is 1.62. The van der Waals surface area contributed by atoms with Gasteiger partial charge in [0.15, 0.2) is 5.82 Å². The first-order valence-electron chi connectivity index (χ1n) is 10.8. The highest BCUT2D eigenvalue weighted by atomic mass is 35.5. The lowest BCUT2D eigenvalue weighted by molar-refractivity contribution is -0.121. The van der Waals surface area contributed by atoms with E-state index in [4.69, 9.17) is 16.3 Å². The molecule has 4 aromatic rings. The Kier molecular flexibility index (Phi) is 5.79. The van der Waals surface area contributed by atoms with Crippen molar-refractivity contribution in [3.63, 3.8) is 0 Å². The molecule has 8 heteroatoms. The van der Waals surface area contributed by atoms with Gasteiger partial charge in [0.25, 0.3) is 0 Å². The van der Waals surface area contributed by atoms with Crippen LogP contribution in [-0.4, -0.2) is 25.7 Å². The van der Waals surface area contributed by atoms with Crippen LogP contribution in [0, 0.1) is 0 Å². The first-order chi connectivity index (χ1) is 16.1. The molecule has 1 saturated carbocycles. The van der Waals surface area contributed by atoms with Crippen LogP contribution in [-0.2, 0) is 10.2 Å². The molecule has 0 saturated heterocycles. The lowest BCUT2D eigenvalue weighted by Crippen LogP contribution is -2.37. The fraction of sp³-hybridized carbons (Fsp3) is 0.200. The summed E-state index contributed by atoms with van der Waals surface area (Å²) in [4.78, 5) is 21.7. The molecular weight excluding hydrogens is 438 g/mol. The third-order valence-corrected chi connectivity index (χ3v) is 6.24. The van der Waals surface area contributed by atoms with Crippen LogP contribution in [0.5, 0.6) is 11.6 Å². The maximum atomic E-state index is 13.3. The molecule has 1 aliphatic carbocycles. The third-order valence-electron chi connectivity index (χ3n) is 5.99. The summed E-state index contributed by atoms with van der Waals surface area (Å²) in [5, 5.41) is 7.92. The molecule has 0 radical (unpaired) electrons. The molecule has 0 aliphatic heterocycles. The summed E-state index contributed by atoms with van der Waals surface area (Å²) in [7, 11) is 0. The Morgan fingerprint density at radius 3 is 2.48 bits per heavy atom. The number of benzene rings is 2. The zero-order valence-corrected chi connectivity index (χ0v) is 18.6. The van der Waals surface area contributed by atoms with Gasteiger partial charge in [-0.25, -0.2) is 14.6 Å². The van der Waals surface area contributed by atoms with Gasteiger partial charge in [-0.15, -0.1) is 0 Å². The molecule has 166 valence electrons. The van der Waals surface area contributed by atoms with Crippen molar-refractivity contribution in [2.75, 3.05) is 5.32 Å². The molecule has 2 aromatic heterocycles. The van der Waals surface area contributed by atoms with Crippen molar-refractivity contribution in [3.8, 4) is 17.4 Å². The van der Waals surface area contributed by atoms with Crippen molar-refractivity contribution in [1.82, 2.24) is 19.7 Å². The van der Waals surface area contributed by atoms with E-state index in [0.29, 0.717) is 28.2 Å². The molecule has 0 unspecified atom stereocenters. The molecular formula is C25H22ClN5O2. The van der Waals surface area contributed by atoms with Crippen molar-refractivity contribution in [3.05, 3.63) is 90.0 Å².